The number of hydrogen-bond donors (Lipinski definition) is 3. The molecule has 0 atom stereocenters. The van der Waals surface area contributed by atoms with Gasteiger partial charge in [0.15, 0.2) is 5.65 Å². The third kappa shape index (κ3) is 4.93. The molecule has 0 aliphatic rings. The number of methoxy groups -OCH3 is 1. The molecular formula is C22H28N6O3. The fourth-order valence-corrected chi connectivity index (χ4v) is 3.58. The summed E-state index contributed by atoms with van der Waals surface area (Å²) in [4.78, 5) is 28.9. The first-order valence-corrected chi connectivity index (χ1v) is 10.2. The van der Waals surface area contributed by atoms with Crippen molar-refractivity contribution in [2.24, 2.45) is 7.05 Å². The van der Waals surface area contributed by atoms with Crippen LogP contribution >= 0.6 is 0 Å². The second-order valence-electron chi connectivity index (χ2n) is 7.25. The van der Waals surface area contributed by atoms with E-state index in [4.69, 9.17) is 4.74 Å². The van der Waals surface area contributed by atoms with Gasteiger partial charge in [0, 0.05) is 37.1 Å². The van der Waals surface area contributed by atoms with E-state index in [0.29, 0.717) is 36.6 Å². The Morgan fingerprint density at radius 3 is 2.55 bits per heavy atom. The Bertz CT molecular complexity index is 1120. The lowest BCUT2D eigenvalue weighted by Gasteiger charge is -2.12. The van der Waals surface area contributed by atoms with Gasteiger partial charge in [-0.2, -0.15) is 0 Å². The number of amides is 3. The predicted octanol–water partition coefficient (Wildman–Crippen LogP) is 3.31. The molecule has 3 amide bonds. The summed E-state index contributed by atoms with van der Waals surface area (Å²) in [6, 6.07) is 6.76. The molecule has 2 aromatic heterocycles. The molecule has 9 nitrogen and oxygen atoms in total. The topological polar surface area (TPSA) is 110 Å². The molecule has 3 aromatic rings. The fraction of sp³-hybridized carbons (Fsp3) is 0.364. The van der Waals surface area contributed by atoms with Crippen LogP contribution < -0.4 is 20.7 Å². The van der Waals surface area contributed by atoms with E-state index in [2.05, 4.69) is 26.0 Å². The maximum absolute atomic E-state index is 12.6. The van der Waals surface area contributed by atoms with Gasteiger partial charge in [0.25, 0.3) is 0 Å². The van der Waals surface area contributed by atoms with E-state index < -0.39 is 0 Å². The van der Waals surface area contributed by atoms with Gasteiger partial charge in [0.2, 0.25) is 11.8 Å². The Labute approximate surface area is 181 Å². The van der Waals surface area contributed by atoms with Gasteiger partial charge in [-0.25, -0.2) is 14.5 Å². The second-order valence-corrected chi connectivity index (χ2v) is 7.25. The molecule has 1 aromatic carbocycles. The van der Waals surface area contributed by atoms with Gasteiger partial charge in [0.05, 0.1) is 12.5 Å². The summed E-state index contributed by atoms with van der Waals surface area (Å²) in [6.07, 6.45) is 0.840. The SMILES string of the molecule is CCNC(=O)Nc1cccc(NC(=O)CCc2c(C)nc3c(c(OC)nn3C)c2C)c1. The molecule has 0 aliphatic carbocycles. The van der Waals surface area contributed by atoms with Crippen molar-refractivity contribution in [2.75, 3.05) is 24.3 Å². The van der Waals surface area contributed by atoms with Gasteiger partial charge >= 0.3 is 6.03 Å². The summed E-state index contributed by atoms with van der Waals surface area (Å²) in [7, 11) is 3.42. The number of carbonyl (C=O) groups is 2. The molecule has 3 rings (SSSR count). The lowest BCUT2D eigenvalue weighted by Crippen LogP contribution is -2.28. The number of carbonyl (C=O) groups excluding carboxylic acids is 2. The smallest absolute Gasteiger partial charge is 0.319 e. The number of urea groups is 1. The fourth-order valence-electron chi connectivity index (χ4n) is 3.58. The van der Waals surface area contributed by atoms with Gasteiger partial charge in [-0.3, -0.25) is 4.79 Å². The van der Waals surface area contributed by atoms with Gasteiger partial charge in [-0.05, 0) is 56.5 Å². The third-order valence-corrected chi connectivity index (χ3v) is 5.06. The van der Waals surface area contributed by atoms with E-state index in [1.807, 2.05) is 27.8 Å². The van der Waals surface area contributed by atoms with Crippen LogP contribution in [0.1, 0.15) is 30.2 Å². The highest BCUT2D eigenvalue weighted by atomic mass is 16.5. The minimum atomic E-state index is -0.286. The molecule has 31 heavy (non-hydrogen) atoms. The van der Waals surface area contributed by atoms with Crippen molar-refractivity contribution in [1.29, 1.82) is 0 Å². The number of anilines is 2. The highest BCUT2D eigenvalue weighted by molar-refractivity contribution is 5.94. The van der Waals surface area contributed by atoms with E-state index >= 15 is 0 Å². The van der Waals surface area contributed by atoms with Gasteiger partial charge in [-0.1, -0.05) is 6.07 Å². The molecule has 9 heteroatoms. The van der Waals surface area contributed by atoms with E-state index in [-0.39, 0.29) is 11.9 Å². The summed E-state index contributed by atoms with van der Waals surface area (Å²) in [5.41, 5.74) is 4.89. The van der Waals surface area contributed by atoms with E-state index in [0.717, 1.165) is 27.9 Å². The summed E-state index contributed by atoms with van der Waals surface area (Å²) < 4.78 is 7.10. The van der Waals surface area contributed by atoms with Crippen molar-refractivity contribution in [2.45, 2.75) is 33.6 Å². The van der Waals surface area contributed by atoms with Crippen molar-refractivity contribution in [3.8, 4) is 5.88 Å². The number of benzene rings is 1. The van der Waals surface area contributed by atoms with Gasteiger partial charge in [-0.15, -0.1) is 5.10 Å². The molecule has 0 aliphatic heterocycles. The first-order valence-electron chi connectivity index (χ1n) is 10.2. The van der Waals surface area contributed by atoms with Crippen LogP contribution in [-0.2, 0) is 18.3 Å². The Balaban J connectivity index is 1.70. The zero-order chi connectivity index (χ0) is 22.5. The van der Waals surface area contributed by atoms with Crippen LogP contribution in [0.3, 0.4) is 0 Å². The first-order chi connectivity index (χ1) is 14.8. The first kappa shape index (κ1) is 22.1. The summed E-state index contributed by atoms with van der Waals surface area (Å²) >= 11 is 0. The molecule has 0 fully saturated rings. The van der Waals surface area contributed by atoms with Crippen molar-refractivity contribution in [3.05, 3.63) is 41.1 Å². The van der Waals surface area contributed by atoms with Crippen molar-refractivity contribution >= 4 is 34.3 Å². The average molecular weight is 425 g/mol. The highest BCUT2D eigenvalue weighted by Gasteiger charge is 2.18. The minimum absolute atomic E-state index is 0.118. The Hall–Kier alpha value is -3.62. The molecule has 0 radical (unpaired) electrons. The predicted molar refractivity (Wildman–Crippen MR) is 121 cm³/mol. The maximum atomic E-state index is 12.6. The Morgan fingerprint density at radius 2 is 1.87 bits per heavy atom. The number of pyridine rings is 1. The molecule has 0 bridgehead atoms. The minimum Gasteiger partial charge on any atom is -0.479 e. The van der Waals surface area contributed by atoms with Crippen LogP contribution in [-0.4, -0.2) is 40.4 Å². The summed E-state index contributed by atoms with van der Waals surface area (Å²) in [6.45, 7) is 6.32. The largest absolute Gasteiger partial charge is 0.479 e. The monoisotopic (exact) mass is 424 g/mol. The second kappa shape index (κ2) is 9.46. The standard InChI is InChI=1S/C22H28N6O3/c1-6-23-22(30)26-16-9-7-8-15(12-16)25-18(29)11-10-17-13(2)19-20(24-14(17)3)28(4)27-21(19)31-5/h7-9,12H,6,10-11H2,1-5H3,(H,25,29)(H2,23,26,30). The number of fused-ring (bicyclic) bond motifs is 1. The number of aromatic nitrogens is 3. The summed E-state index contributed by atoms with van der Waals surface area (Å²) in [5, 5.41) is 13.5. The van der Waals surface area contributed by atoms with Crippen LogP contribution in [0.5, 0.6) is 5.88 Å². The maximum Gasteiger partial charge on any atom is 0.319 e. The van der Waals surface area contributed by atoms with E-state index in [9.17, 15) is 9.59 Å². The normalized spacial score (nSPS) is 10.7. The van der Waals surface area contributed by atoms with Crippen LogP contribution in [0.2, 0.25) is 0 Å². The van der Waals surface area contributed by atoms with Crippen LogP contribution in [0.15, 0.2) is 24.3 Å². The number of hydrogen-bond acceptors (Lipinski definition) is 5. The van der Waals surface area contributed by atoms with Crippen LogP contribution in [0.25, 0.3) is 11.0 Å². The highest BCUT2D eigenvalue weighted by Crippen LogP contribution is 2.30. The zero-order valence-corrected chi connectivity index (χ0v) is 18.5. The third-order valence-electron chi connectivity index (χ3n) is 5.06. The Kier molecular flexibility index (Phi) is 6.74. The molecule has 3 N–H and O–H groups in total. The van der Waals surface area contributed by atoms with Gasteiger partial charge < -0.3 is 20.7 Å². The van der Waals surface area contributed by atoms with E-state index in [1.54, 1.807) is 36.1 Å². The van der Waals surface area contributed by atoms with Gasteiger partial charge in [0.1, 0.15) is 0 Å². The number of nitrogens with zero attached hydrogens (tertiary/aromatic N) is 3. The number of aryl methyl sites for hydroxylation is 3. The molecule has 0 saturated carbocycles. The van der Waals surface area contributed by atoms with Crippen molar-refractivity contribution in [1.82, 2.24) is 20.1 Å². The molecule has 0 unspecified atom stereocenters. The number of ether oxygens (including phenoxy) is 1. The number of rotatable bonds is 7. The van der Waals surface area contributed by atoms with Crippen molar-refractivity contribution < 1.29 is 14.3 Å². The van der Waals surface area contributed by atoms with Crippen LogP contribution in [0, 0.1) is 13.8 Å². The molecule has 0 saturated heterocycles. The Morgan fingerprint density at radius 1 is 1.16 bits per heavy atom. The molecule has 164 valence electrons. The quantitative estimate of drug-likeness (QED) is 0.539. The lowest BCUT2D eigenvalue weighted by molar-refractivity contribution is -0.116. The van der Waals surface area contributed by atoms with E-state index in [1.165, 1.54) is 0 Å². The lowest BCUT2D eigenvalue weighted by atomic mass is 10.00. The average Bonchev–Trinajstić information content (AvgIpc) is 3.04. The molecule has 0 spiro atoms. The molecule has 2 heterocycles. The summed E-state index contributed by atoms with van der Waals surface area (Å²) in [5.74, 6) is 0.414. The zero-order valence-electron chi connectivity index (χ0n) is 18.5. The number of nitrogens with one attached hydrogen (secondary N) is 3. The molecular weight excluding hydrogens is 396 g/mol. The van der Waals surface area contributed by atoms with Crippen molar-refractivity contribution in [3.63, 3.8) is 0 Å². The van der Waals surface area contributed by atoms with Crippen LogP contribution in [0.4, 0.5) is 16.2 Å².